The van der Waals surface area contributed by atoms with Gasteiger partial charge in [0.1, 0.15) is 0 Å². The molecule has 3 unspecified atom stereocenters. The van der Waals surface area contributed by atoms with Crippen molar-refractivity contribution < 1.29 is 35.3 Å². The van der Waals surface area contributed by atoms with Gasteiger partial charge in [0.2, 0.25) is 0 Å². The summed E-state index contributed by atoms with van der Waals surface area (Å²) in [7, 11) is -0.911. The Bertz CT molecular complexity index is 701. The molecule has 2 nitrogen and oxygen atoms in total. The molecule has 2 saturated carbocycles. The summed E-state index contributed by atoms with van der Waals surface area (Å²) in [5, 5.41) is 0. The van der Waals surface area contributed by atoms with Gasteiger partial charge in [0, 0.05) is 18.1 Å². The zero-order valence-corrected chi connectivity index (χ0v) is 26.6. The van der Waals surface area contributed by atoms with Crippen LogP contribution in [0.1, 0.15) is 89.8 Å². The zero-order chi connectivity index (χ0) is 23.9. The maximum atomic E-state index is 11.0. The molecule has 1 spiro atoms. The topological polar surface area (TPSA) is 30.0 Å². The van der Waals surface area contributed by atoms with Crippen molar-refractivity contribution in [1.82, 2.24) is 4.98 Å². The summed E-state index contributed by atoms with van der Waals surface area (Å²) in [5.74, 6) is 0.987. The molecule has 3 rings (SSSR count). The summed E-state index contributed by atoms with van der Waals surface area (Å²) in [6, 6.07) is 1.94. The van der Waals surface area contributed by atoms with Crippen LogP contribution in [-0.4, -0.2) is 15.4 Å². The van der Waals surface area contributed by atoms with Gasteiger partial charge in [-0.15, -0.1) is 6.08 Å². The predicted molar refractivity (Wildman–Crippen MR) is 140 cm³/mol. The number of unbranched alkanes of at least 4 members (excludes halogenated alkanes) is 1. The molecule has 0 saturated heterocycles. The summed E-state index contributed by atoms with van der Waals surface area (Å²) >= 11 is 0. The first-order valence-corrected chi connectivity index (χ1v) is 13.5. The van der Waals surface area contributed by atoms with Crippen molar-refractivity contribution >= 4 is 10.8 Å². The second kappa shape index (κ2) is 19.2. The minimum absolute atomic E-state index is 0. The molecule has 0 bridgehead atoms. The van der Waals surface area contributed by atoms with E-state index < -0.39 is 10.8 Å². The minimum atomic E-state index is -0.911. The average molecular weight is 684 g/mol. The van der Waals surface area contributed by atoms with E-state index in [2.05, 4.69) is 44.5 Å². The van der Waals surface area contributed by atoms with Crippen LogP contribution in [0.3, 0.4) is 0 Å². The summed E-state index contributed by atoms with van der Waals surface area (Å²) in [6.07, 6.45) is 19.0. The average Bonchev–Trinajstić information content (AvgIpc) is 3.28. The van der Waals surface area contributed by atoms with Gasteiger partial charge >= 0.3 is 31.1 Å². The fourth-order valence-electron chi connectivity index (χ4n) is 4.37. The standard InChI is InChI=1S/C11H18.C8H11NOS.C7H12.C2H6.U/c1-9-3-5-11(7-9)6-4-10(2)8-11;1-6-4-7(2)9-5-8(6)11(3)10;1-3-5-7-6-4-2;1-2;/h10H,1,3-8H2,2H3;4-5H,1-3H3;5,7H,1-4,6H2;1-2H3;/q;;-2;;+2/b;;7-5+;;. The van der Waals surface area contributed by atoms with Crippen LogP contribution in [0.25, 0.3) is 0 Å². The van der Waals surface area contributed by atoms with Crippen LogP contribution >= 0.6 is 0 Å². The van der Waals surface area contributed by atoms with E-state index in [1.165, 1.54) is 44.1 Å². The van der Waals surface area contributed by atoms with Crippen LogP contribution in [0, 0.1) is 70.1 Å². The van der Waals surface area contributed by atoms with Gasteiger partial charge in [-0.1, -0.05) is 51.8 Å². The molecule has 1 heterocycles. The fourth-order valence-corrected chi connectivity index (χ4v) is 5.08. The molecule has 2 aliphatic rings. The SMILES string of the molecule is C=C1CCC2(CCC(C)C2)C1.CC.Cc1cc(C)c(S(C)=O)cn1.[CH2-]C/C=C/CC[CH2-].[U+2]. The van der Waals surface area contributed by atoms with Crippen LogP contribution in [0.4, 0.5) is 0 Å². The van der Waals surface area contributed by atoms with Crippen molar-refractivity contribution in [3.05, 3.63) is 61.7 Å². The Labute approximate surface area is 226 Å². The summed E-state index contributed by atoms with van der Waals surface area (Å²) < 4.78 is 11.0. The Morgan fingerprint density at radius 3 is 2.31 bits per heavy atom. The van der Waals surface area contributed by atoms with Crippen molar-refractivity contribution in [3.63, 3.8) is 0 Å². The number of nitrogens with zero attached hydrogens (tertiary/aromatic N) is 1. The molecule has 1 aromatic heterocycles. The predicted octanol–water partition coefficient (Wildman–Crippen LogP) is 8.38. The fraction of sp³-hybridized carbons (Fsp3) is 0.607. The van der Waals surface area contributed by atoms with Gasteiger partial charge < -0.3 is 13.8 Å². The molecule has 3 atom stereocenters. The smallest absolute Gasteiger partial charge is 0.343 e. The summed E-state index contributed by atoms with van der Waals surface area (Å²) in [6.45, 7) is 21.7. The second-order valence-electron chi connectivity index (χ2n) is 8.72. The van der Waals surface area contributed by atoms with E-state index in [-0.39, 0.29) is 31.1 Å². The molecule has 2 aliphatic carbocycles. The first-order valence-electron chi connectivity index (χ1n) is 11.9. The molecule has 4 heteroatoms. The molecule has 2 fully saturated rings. The number of aromatic nitrogens is 1. The van der Waals surface area contributed by atoms with Crippen LogP contribution < -0.4 is 0 Å². The Morgan fingerprint density at radius 2 is 1.91 bits per heavy atom. The number of aryl methyl sites for hydroxylation is 2. The maximum absolute atomic E-state index is 11.0. The molecule has 32 heavy (non-hydrogen) atoms. The van der Waals surface area contributed by atoms with Crippen molar-refractivity contribution in [3.8, 4) is 0 Å². The number of hydrogen-bond donors (Lipinski definition) is 0. The molecule has 1 aromatic rings. The largest absolute Gasteiger partial charge is 2.00 e. The third-order valence-electron chi connectivity index (χ3n) is 5.80. The van der Waals surface area contributed by atoms with Gasteiger partial charge in [-0.25, -0.2) is 0 Å². The zero-order valence-electron chi connectivity index (χ0n) is 21.6. The first-order chi connectivity index (χ1) is 14.7. The number of allylic oxidation sites excluding steroid dienone is 3. The van der Waals surface area contributed by atoms with Gasteiger partial charge in [0.25, 0.3) is 0 Å². The molecular formula is C28H47NOSU. The van der Waals surface area contributed by atoms with E-state index in [1.54, 1.807) is 12.5 Å². The van der Waals surface area contributed by atoms with E-state index in [4.69, 9.17) is 0 Å². The van der Waals surface area contributed by atoms with Crippen LogP contribution in [-0.2, 0) is 10.8 Å². The minimum Gasteiger partial charge on any atom is -0.343 e. The number of pyridine rings is 1. The Kier molecular flexibility index (Phi) is 20.4. The molecule has 0 aromatic carbocycles. The molecular weight excluding hydrogens is 636 g/mol. The first kappa shape index (κ1) is 34.0. The third kappa shape index (κ3) is 13.5. The van der Waals surface area contributed by atoms with Gasteiger partial charge in [-0.2, -0.15) is 12.8 Å². The summed E-state index contributed by atoms with van der Waals surface area (Å²) in [5.41, 5.74) is 4.27. The maximum Gasteiger partial charge on any atom is 2.00 e. The Hall–Kier alpha value is -0.168. The van der Waals surface area contributed by atoms with Crippen molar-refractivity contribution in [2.75, 3.05) is 6.26 Å². The molecule has 0 N–H and O–H groups in total. The van der Waals surface area contributed by atoms with Gasteiger partial charge in [0.05, 0.1) is 15.7 Å². The monoisotopic (exact) mass is 683 g/mol. The van der Waals surface area contributed by atoms with E-state index >= 15 is 0 Å². The molecule has 0 amide bonds. The third-order valence-corrected chi connectivity index (χ3v) is 6.84. The molecule has 0 aliphatic heterocycles. The Morgan fingerprint density at radius 1 is 1.25 bits per heavy atom. The Balaban J connectivity index is 0. The van der Waals surface area contributed by atoms with Crippen molar-refractivity contribution in [2.45, 2.75) is 97.3 Å². The van der Waals surface area contributed by atoms with E-state index in [1.807, 2.05) is 33.8 Å². The van der Waals surface area contributed by atoms with Gasteiger partial charge in [-0.05, 0) is 68.9 Å². The van der Waals surface area contributed by atoms with Gasteiger partial charge in [-0.3, -0.25) is 9.19 Å². The van der Waals surface area contributed by atoms with E-state index in [0.29, 0.717) is 0 Å². The van der Waals surface area contributed by atoms with E-state index in [9.17, 15) is 4.21 Å². The normalized spacial score (nSPS) is 22.1. The summed E-state index contributed by atoms with van der Waals surface area (Å²) in [4.78, 5) is 4.90. The van der Waals surface area contributed by atoms with Crippen molar-refractivity contribution in [2.24, 2.45) is 11.3 Å². The quantitative estimate of drug-likeness (QED) is 0.236. The van der Waals surface area contributed by atoms with Crippen LogP contribution in [0.2, 0.25) is 0 Å². The van der Waals surface area contributed by atoms with Crippen molar-refractivity contribution in [1.29, 1.82) is 0 Å². The second-order valence-corrected chi connectivity index (χ2v) is 10.1. The molecule has 0 radical (unpaired) electrons. The number of rotatable bonds is 4. The van der Waals surface area contributed by atoms with Gasteiger partial charge in [0.15, 0.2) is 0 Å². The van der Waals surface area contributed by atoms with Crippen LogP contribution in [0.5, 0.6) is 0 Å². The van der Waals surface area contributed by atoms with E-state index in [0.717, 1.165) is 46.7 Å². The number of hydrogen-bond acceptors (Lipinski definition) is 2. The van der Waals surface area contributed by atoms with Crippen LogP contribution in [0.15, 0.2) is 41.5 Å². The molecule has 180 valence electrons.